The van der Waals surface area contributed by atoms with Crippen molar-refractivity contribution in [2.75, 3.05) is 0 Å². The molecule has 11 rings (SSSR count). The molecule has 1 aliphatic rings. The smallest absolute Gasteiger partial charge is 0.0972 e. The molecule has 0 spiro atoms. The van der Waals surface area contributed by atoms with Crippen LogP contribution in [0.4, 0.5) is 0 Å². The van der Waals surface area contributed by atoms with Crippen molar-refractivity contribution in [1.29, 1.82) is 0 Å². The highest BCUT2D eigenvalue weighted by molar-refractivity contribution is 6.22. The molecule has 2 aromatic heterocycles. The first-order chi connectivity index (χ1) is 26.0. The lowest BCUT2D eigenvalue weighted by molar-refractivity contribution is 0.660. The van der Waals surface area contributed by atoms with Crippen molar-refractivity contribution < 1.29 is 0 Å². The number of hydrogen-bond acceptors (Lipinski definition) is 2. The van der Waals surface area contributed by atoms with Crippen molar-refractivity contribution >= 4 is 54.1 Å². The Labute approximate surface area is 308 Å². The summed E-state index contributed by atoms with van der Waals surface area (Å²) in [6.45, 7) is 4.73. The van der Waals surface area contributed by atoms with Gasteiger partial charge >= 0.3 is 0 Å². The van der Waals surface area contributed by atoms with Gasteiger partial charge in [-0.3, -0.25) is 4.98 Å². The van der Waals surface area contributed by atoms with E-state index in [1.54, 1.807) is 0 Å². The van der Waals surface area contributed by atoms with Gasteiger partial charge in [0.05, 0.1) is 16.7 Å². The van der Waals surface area contributed by atoms with Gasteiger partial charge in [-0.25, -0.2) is 4.98 Å². The van der Waals surface area contributed by atoms with Crippen LogP contribution in [0.15, 0.2) is 170 Å². The summed E-state index contributed by atoms with van der Waals surface area (Å²) in [6.07, 6.45) is 1.86. The molecule has 0 fully saturated rings. The summed E-state index contributed by atoms with van der Waals surface area (Å²) in [7, 11) is 0. The lowest BCUT2D eigenvalue weighted by Crippen LogP contribution is -2.14. The zero-order valence-corrected chi connectivity index (χ0v) is 29.6. The van der Waals surface area contributed by atoms with Gasteiger partial charge in [0.2, 0.25) is 0 Å². The van der Waals surface area contributed by atoms with Crippen LogP contribution >= 0.6 is 0 Å². The SMILES string of the molecule is CC1(C)c2ccccc2-c2ccc(-c3c4ccccc4c(-c4ccc5ccc6cccnc6c5n4)c4ccc(-c5ccc6ccccc6c5)cc34)cc21. The number of hydrogen-bond donors (Lipinski definition) is 0. The summed E-state index contributed by atoms with van der Waals surface area (Å²) in [5.74, 6) is 0. The molecule has 0 atom stereocenters. The average molecular weight is 675 g/mol. The van der Waals surface area contributed by atoms with Gasteiger partial charge in [0.1, 0.15) is 0 Å². The van der Waals surface area contributed by atoms with Gasteiger partial charge in [0.15, 0.2) is 0 Å². The van der Waals surface area contributed by atoms with Crippen LogP contribution in [0.5, 0.6) is 0 Å². The first-order valence-corrected chi connectivity index (χ1v) is 18.4. The van der Waals surface area contributed by atoms with E-state index in [1.165, 1.54) is 76.8 Å². The molecular formula is C51H34N2. The van der Waals surface area contributed by atoms with Crippen LogP contribution < -0.4 is 0 Å². The molecule has 0 unspecified atom stereocenters. The second-order valence-corrected chi connectivity index (χ2v) is 15.0. The largest absolute Gasteiger partial charge is 0.254 e. The first-order valence-electron chi connectivity index (χ1n) is 18.4. The predicted octanol–water partition coefficient (Wildman–Crippen LogP) is 13.5. The lowest BCUT2D eigenvalue weighted by atomic mass is 9.80. The average Bonchev–Trinajstić information content (AvgIpc) is 3.44. The molecule has 53 heavy (non-hydrogen) atoms. The first kappa shape index (κ1) is 30.0. The van der Waals surface area contributed by atoms with Crippen LogP contribution in [0, 0.1) is 0 Å². The maximum Gasteiger partial charge on any atom is 0.0972 e. The molecule has 2 heterocycles. The normalized spacial score (nSPS) is 13.2. The highest BCUT2D eigenvalue weighted by Crippen LogP contribution is 2.51. The van der Waals surface area contributed by atoms with Crippen molar-refractivity contribution in [2.45, 2.75) is 19.3 Å². The summed E-state index contributed by atoms with van der Waals surface area (Å²) >= 11 is 0. The Bertz CT molecular complexity index is 3150. The zero-order chi connectivity index (χ0) is 35.3. The van der Waals surface area contributed by atoms with Crippen LogP contribution in [0.2, 0.25) is 0 Å². The van der Waals surface area contributed by atoms with Gasteiger partial charge in [-0.2, -0.15) is 0 Å². The summed E-state index contributed by atoms with van der Waals surface area (Å²) in [4.78, 5) is 10.2. The molecule has 2 nitrogen and oxygen atoms in total. The minimum Gasteiger partial charge on any atom is -0.254 e. The van der Waals surface area contributed by atoms with Crippen molar-refractivity contribution in [1.82, 2.24) is 9.97 Å². The Morgan fingerprint density at radius 1 is 0.396 bits per heavy atom. The maximum absolute atomic E-state index is 5.42. The van der Waals surface area contributed by atoms with Crippen LogP contribution in [0.25, 0.3) is 98.8 Å². The molecule has 0 bridgehead atoms. The Morgan fingerprint density at radius 3 is 1.91 bits per heavy atom. The second-order valence-electron chi connectivity index (χ2n) is 15.0. The van der Waals surface area contributed by atoms with Gasteiger partial charge < -0.3 is 0 Å². The fourth-order valence-electron chi connectivity index (χ4n) is 9.04. The third-order valence-corrected chi connectivity index (χ3v) is 11.7. The molecule has 0 saturated heterocycles. The highest BCUT2D eigenvalue weighted by Gasteiger charge is 2.35. The number of aromatic nitrogens is 2. The monoisotopic (exact) mass is 674 g/mol. The Hall–Kier alpha value is -6.64. The van der Waals surface area contributed by atoms with Crippen molar-refractivity contribution in [3.05, 3.63) is 181 Å². The van der Waals surface area contributed by atoms with Gasteiger partial charge in [0, 0.05) is 27.9 Å². The zero-order valence-electron chi connectivity index (χ0n) is 29.6. The van der Waals surface area contributed by atoms with Gasteiger partial charge in [-0.1, -0.05) is 147 Å². The summed E-state index contributed by atoms with van der Waals surface area (Å²) < 4.78 is 0. The molecule has 0 saturated carbocycles. The summed E-state index contributed by atoms with van der Waals surface area (Å²) in [5, 5.41) is 9.49. The summed E-state index contributed by atoms with van der Waals surface area (Å²) in [6, 6.07) is 60.1. The maximum atomic E-state index is 5.42. The predicted molar refractivity (Wildman–Crippen MR) is 223 cm³/mol. The van der Waals surface area contributed by atoms with Crippen LogP contribution in [-0.4, -0.2) is 9.97 Å². The molecule has 8 aromatic carbocycles. The Morgan fingerprint density at radius 2 is 1.02 bits per heavy atom. The molecule has 10 aromatic rings. The molecule has 0 radical (unpaired) electrons. The van der Waals surface area contributed by atoms with E-state index in [2.05, 4.69) is 172 Å². The molecule has 248 valence electrons. The Balaban J connectivity index is 1.23. The van der Waals surface area contributed by atoms with Crippen molar-refractivity contribution in [2.24, 2.45) is 0 Å². The molecule has 1 aliphatic carbocycles. The van der Waals surface area contributed by atoms with Gasteiger partial charge in [-0.05, 0) is 107 Å². The molecule has 0 N–H and O–H groups in total. The molecular weight excluding hydrogens is 641 g/mol. The topological polar surface area (TPSA) is 25.8 Å². The molecule has 0 aliphatic heterocycles. The highest BCUT2D eigenvalue weighted by atomic mass is 14.8. The van der Waals surface area contributed by atoms with Crippen LogP contribution in [0.3, 0.4) is 0 Å². The fourth-order valence-corrected chi connectivity index (χ4v) is 9.04. The quantitative estimate of drug-likeness (QED) is 0.138. The van der Waals surface area contributed by atoms with Gasteiger partial charge in [-0.15, -0.1) is 0 Å². The van der Waals surface area contributed by atoms with Crippen LogP contribution in [-0.2, 0) is 5.41 Å². The van der Waals surface area contributed by atoms with E-state index < -0.39 is 0 Å². The number of pyridine rings is 2. The molecule has 0 amide bonds. The third-order valence-electron chi connectivity index (χ3n) is 11.7. The number of nitrogens with zero attached hydrogens (tertiary/aromatic N) is 2. The number of fused-ring (bicyclic) bond motifs is 9. The van der Waals surface area contributed by atoms with E-state index in [0.717, 1.165) is 33.1 Å². The number of rotatable bonds is 3. The lowest BCUT2D eigenvalue weighted by Gasteiger charge is -2.23. The van der Waals surface area contributed by atoms with E-state index in [0.29, 0.717) is 0 Å². The summed E-state index contributed by atoms with van der Waals surface area (Å²) in [5.41, 5.74) is 14.2. The minimum atomic E-state index is -0.102. The van der Waals surface area contributed by atoms with Crippen molar-refractivity contribution in [3.63, 3.8) is 0 Å². The standard InChI is InChI=1S/C51H34N2/c1-51(2)44-16-8-7-13-38(44)39-24-22-37(30-45(39)51)47-40-14-5-6-15-41(40)48(46-26-23-33-19-18-32-12-9-27-52-49(32)50(33)53-46)42-25-21-36(29-43(42)47)35-20-17-31-10-3-4-11-34(31)28-35/h3-30H,1-2H3. The van der Waals surface area contributed by atoms with E-state index in [1.807, 2.05) is 12.3 Å². The van der Waals surface area contributed by atoms with Crippen LogP contribution in [0.1, 0.15) is 25.0 Å². The fraction of sp³-hybridized carbons (Fsp3) is 0.0588. The molecule has 2 heteroatoms. The minimum absolute atomic E-state index is 0.102. The second kappa shape index (κ2) is 11.2. The van der Waals surface area contributed by atoms with E-state index in [9.17, 15) is 0 Å². The Kier molecular flexibility index (Phi) is 6.33. The van der Waals surface area contributed by atoms with E-state index >= 15 is 0 Å². The van der Waals surface area contributed by atoms with Gasteiger partial charge in [0.25, 0.3) is 0 Å². The van der Waals surface area contributed by atoms with E-state index in [-0.39, 0.29) is 5.41 Å². The number of benzene rings is 8. The van der Waals surface area contributed by atoms with Crippen molar-refractivity contribution in [3.8, 4) is 44.6 Å². The third kappa shape index (κ3) is 4.45. The van der Waals surface area contributed by atoms with E-state index in [4.69, 9.17) is 9.97 Å².